The third-order valence-corrected chi connectivity index (χ3v) is 6.56. The van der Waals surface area contributed by atoms with Crippen LogP contribution in [0, 0.1) is 0 Å². The van der Waals surface area contributed by atoms with Crippen LogP contribution in [-0.2, 0) is 20.9 Å². The van der Waals surface area contributed by atoms with Gasteiger partial charge in [0.1, 0.15) is 11.9 Å². The van der Waals surface area contributed by atoms with Crippen LogP contribution in [0.5, 0.6) is 0 Å². The summed E-state index contributed by atoms with van der Waals surface area (Å²) in [4.78, 5) is 60.7. The lowest BCUT2D eigenvalue weighted by atomic mass is 10.0. The predicted molar refractivity (Wildman–Crippen MR) is 127 cm³/mol. The zero-order valence-corrected chi connectivity index (χ0v) is 19.2. The van der Waals surface area contributed by atoms with Gasteiger partial charge in [0, 0.05) is 62.0 Å². The Kier molecular flexibility index (Phi) is 6.30. The molecule has 3 aliphatic rings. The second-order valence-corrected chi connectivity index (χ2v) is 8.89. The van der Waals surface area contributed by atoms with E-state index in [4.69, 9.17) is 0 Å². The van der Waals surface area contributed by atoms with Gasteiger partial charge in [0.15, 0.2) is 0 Å². The Bertz CT molecular complexity index is 1180. The molecule has 11 nitrogen and oxygen atoms in total. The van der Waals surface area contributed by atoms with Gasteiger partial charge >= 0.3 is 0 Å². The fourth-order valence-corrected chi connectivity index (χ4v) is 4.76. The SMILES string of the molecule is O=C1CCC(N2Cc3c(Nc4ccnc(NCCCN5CCCC5=O)n4)cccc3C2=O)C(=O)N1. The molecule has 0 spiro atoms. The molecule has 0 bridgehead atoms. The summed E-state index contributed by atoms with van der Waals surface area (Å²) in [5, 5.41) is 8.79. The van der Waals surface area contributed by atoms with Gasteiger partial charge in [-0.05, 0) is 37.5 Å². The van der Waals surface area contributed by atoms with Gasteiger partial charge in [0.05, 0.1) is 0 Å². The summed E-state index contributed by atoms with van der Waals surface area (Å²) in [5.41, 5.74) is 2.04. The molecule has 1 unspecified atom stereocenters. The van der Waals surface area contributed by atoms with E-state index in [1.807, 2.05) is 11.0 Å². The number of benzene rings is 1. The first-order chi connectivity index (χ1) is 17.0. The predicted octanol–water partition coefficient (Wildman–Crippen LogP) is 1.41. The molecule has 3 N–H and O–H groups in total. The summed E-state index contributed by atoms with van der Waals surface area (Å²) in [6.45, 7) is 2.47. The van der Waals surface area contributed by atoms with E-state index < -0.39 is 11.9 Å². The molecule has 0 radical (unpaired) electrons. The first-order valence-electron chi connectivity index (χ1n) is 11.9. The number of anilines is 3. The molecule has 2 saturated heterocycles. The molecule has 5 rings (SSSR count). The van der Waals surface area contributed by atoms with Crippen LogP contribution in [0.25, 0.3) is 0 Å². The van der Waals surface area contributed by atoms with Crippen LogP contribution >= 0.6 is 0 Å². The van der Waals surface area contributed by atoms with Crippen molar-refractivity contribution >= 4 is 41.1 Å². The zero-order chi connectivity index (χ0) is 24.4. The Morgan fingerprint density at radius 1 is 1.11 bits per heavy atom. The van der Waals surface area contributed by atoms with Gasteiger partial charge in [0.25, 0.3) is 5.91 Å². The molecule has 4 heterocycles. The monoisotopic (exact) mass is 477 g/mol. The number of nitrogens with zero attached hydrogens (tertiary/aromatic N) is 4. The van der Waals surface area contributed by atoms with Crippen molar-refractivity contribution in [3.63, 3.8) is 0 Å². The van der Waals surface area contributed by atoms with Crippen molar-refractivity contribution in [1.82, 2.24) is 25.1 Å². The van der Waals surface area contributed by atoms with E-state index in [2.05, 4.69) is 25.9 Å². The number of imide groups is 1. The summed E-state index contributed by atoms with van der Waals surface area (Å²) >= 11 is 0. The molecule has 2 aromatic rings. The molecule has 0 aliphatic carbocycles. The minimum atomic E-state index is -0.661. The van der Waals surface area contributed by atoms with Crippen molar-refractivity contribution in [2.75, 3.05) is 30.3 Å². The number of fused-ring (bicyclic) bond motifs is 1. The Morgan fingerprint density at radius 3 is 2.80 bits per heavy atom. The number of likely N-dealkylation sites (tertiary alicyclic amines) is 1. The molecule has 0 saturated carbocycles. The van der Waals surface area contributed by atoms with Crippen molar-refractivity contribution in [3.05, 3.63) is 41.6 Å². The van der Waals surface area contributed by atoms with Crippen LogP contribution in [0.2, 0.25) is 0 Å². The van der Waals surface area contributed by atoms with Gasteiger partial charge in [-0.15, -0.1) is 0 Å². The van der Waals surface area contributed by atoms with Crippen LogP contribution in [0.1, 0.15) is 48.0 Å². The molecule has 1 aromatic heterocycles. The van der Waals surface area contributed by atoms with Crippen LogP contribution in [0.3, 0.4) is 0 Å². The fraction of sp³-hybridized carbons (Fsp3) is 0.417. The number of amides is 4. The number of carbonyl (C=O) groups is 4. The number of rotatable bonds is 8. The van der Waals surface area contributed by atoms with Crippen LogP contribution in [0.4, 0.5) is 17.5 Å². The maximum atomic E-state index is 13.0. The van der Waals surface area contributed by atoms with Crippen molar-refractivity contribution in [2.24, 2.45) is 0 Å². The second-order valence-electron chi connectivity index (χ2n) is 8.89. The number of nitrogens with one attached hydrogen (secondary N) is 3. The molecule has 3 aliphatic heterocycles. The maximum absolute atomic E-state index is 13.0. The standard InChI is InChI=1S/C24H27N7O4/c32-20-8-7-18(22(34)29-20)31-14-16-15(23(31)35)4-1-5-17(16)27-19-9-11-26-24(28-19)25-10-3-13-30-12-2-6-21(30)33/h1,4-5,9,11,18H,2-3,6-8,10,12-14H2,(H,29,32,34)(H2,25,26,27,28). The number of aromatic nitrogens is 2. The van der Waals surface area contributed by atoms with Crippen LogP contribution < -0.4 is 16.0 Å². The first kappa shape index (κ1) is 22.8. The number of piperidine rings is 1. The highest BCUT2D eigenvalue weighted by Gasteiger charge is 2.39. The molecular weight excluding hydrogens is 450 g/mol. The average molecular weight is 478 g/mol. The Balaban J connectivity index is 1.23. The van der Waals surface area contributed by atoms with Crippen molar-refractivity contribution < 1.29 is 19.2 Å². The molecule has 11 heteroatoms. The fourth-order valence-electron chi connectivity index (χ4n) is 4.76. The normalized spacial score (nSPS) is 19.7. The smallest absolute Gasteiger partial charge is 0.255 e. The average Bonchev–Trinajstić information content (AvgIpc) is 3.40. The van der Waals surface area contributed by atoms with Gasteiger partial charge in [-0.1, -0.05) is 6.07 Å². The van der Waals surface area contributed by atoms with E-state index in [9.17, 15) is 19.2 Å². The zero-order valence-electron chi connectivity index (χ0n) is 19.2. The molecule has 1 aromatic carbocycles. The first-order valence-corrected chi connectivity index (χ1v) is 11.9. The van der Waals surface area contributed by atoms with Crippen LogP contribution in [0.15, 0.2) is 30.5 Å². The molecule has 4 amide bonds. The summed E-state index contributed by atoms with van der Waals surface area (Å²) in [6.07, 6.45) is 4.56. The Hall–Kier alpha value is -4.02. The lowest BCUT2D eigenvalue weighted by Gasteiger charge is -2.29. The number of carbonyl (C=O) groups excluding carboxylic acids is 4. The third kappa shape index (κ3) is 4.79. The summed E-state index contributed by atoms with van der Waals surface area (Å²) < 4.78 is 0. The van der Waals surface area contributed by atoms with Gasteiger partial charge in [0.2, 0.25) is 23.7 Å². The molecule has 1 atom stereocenters. The van der Waals surface area contributed by atoms with E-state index in [1.54, 1.807) is 24.4 Å². The van der Waals surface area contributed by atoms with Crippen molar-refractivity contribution in [1.29, 1.82) is 0 Å². The van der Waals surface area contributed by atoms with E-state index in [-0.39, 0.29) is 30.7 Å². The molecule has 2 fully saturated rings. The summed E-state index contributed by atoms with van der Waals surface area (Å²) in [5.74, 6) is 0.291. The quantitative estimate of drug-likeness (QED) is 0.383. The van der Waals surface area contributed by atoms with Gasteiger partial charge < -0.3 is 20.4 Å². The second kappa shape index (κ2) is 9.69. The Morgan fingerprint density at radius 2 is 2.00 bits per heavy atom. The highest BCUT2D eigenvalue weighted by atomic mass is 16.2. The minimum absolute atomic E-state index is 0.215. The largest absolute Gasteiger partial charge is 0.354 e. The molecule has 35 heavy (non-hydrogen) atoms. The number of hydrogen-bond acceptors (Lipinski definition) is 8. The molecular formula is C24H27N7O4. The van der Waals surface area contributed by atoms with Gasteiger partial charge in [-0.25, -0.2) is 4.98 Å². The minimum Gasteiger partial charge on any atom is -0.354 e. The van der Waals surface area contributed by atoms with Crippen molar-refractivity contribution in [3.8, 4) is 0 Å². The van der Waals surface area contributed by atoms with E-state index in [1.165, 1.54) is 4.90 Å². The van der Waals surface area contributed by atoms with E-state index in [0.29, 0.717) is 36.7 Å². The third-order valence-electron chi connectivity index (χ3n) is 6.56. The Labute approximate surface area is 202 Å². The lowest BCUT2D eigenvalue weighted by Crippen LogP contribution is -2.52. The van der Waals surface area contributed by atoms with Gasteiger partial charge in [-0.2, -0.15) is 4.98 Å². The van der Waals surface area contributed by atoms with Gasteiger partial charge in [-0.3, -0.25) is 24.5 Å². The number of hydrogen-bond donors (Lipinski definition) is 3. The van der Waals surface area contributed by atoms with Crippen molar-refractivity contribution in [2.45, 2.75) is 44.7 Å². The lowest BCUT2D eigenvalue weighted by molar-refractivity contribution is -0.137. The highest BCUT2D eigenvalue weighted by Crippen LogP contribution is 2.33. The van der Waals surface area contributed by atoms with E-state index in [0.717, 1.165) is 37.2 Å². The maximum Gasteiger partial charge on any atom is 0.255 e. The highest BCUT2D eigenvalue weighted by molar-refractivity contribution is 6.06. The topological polar surface area (TPSA) is 137 Å². The summed E-state index contributed by atoms with van der Waals surface area (Å²) in [6, 6.07) is 6.47. The summed E-state index contributed by atoms with van der Waals surface area (Å²) in [7, 11) is 0. The molecule has 182 valence electrons. The van der Waals surface area contributed by atoms with Crippen LogP contribution in [-0.4, -0.2) is 69.1 Å². The van der Waals surface area contributed by atoms with E-state index >= 15 is 0 Å².